The minimum atomic E-state index is 1.05. The zero-order valence-electron chi connectivity index (χ0n) is 9.31. The molecule has 0 bridgehead atoms. The molecule has 0 aliphatic carbocycles. The molecule has 0 aliphatic rings. The van der Waals surface area contributed by atoms with Crippen LogP contribution in [0.4, 0.5) is 0 Å². The molecule has 3 heteroatoms. The number of aromatic nitrogens is 1. The Morgan fingerprint density at radius 3 is 2.62 bits per heavy atom. The van der Waals surface area contributed by atoms with Gasteiger partial charge in [0.25, 0.3) is 0 Å². The maximum Gasteiger partial charge on any atom is 0.0707 e. The van der Waals surface area contributed by atoms with Crippen LogP contribution < -0.4 is 0 Å². The van der Waals surface area contributed by atoms with E-state index in [9.17, 15) is 0 Å². The minimum Gasteiger partial charge on any atom is -0.256 e. The zero-order valence-corrected chi connectivity index (χ0v) is 10.9. The number of rotatable bonds is 3. The molecule has 0 amide bonds. The van der Waals surface area contributed by atoms with Crippen molar-refractivity contribution in [3.8, 4) is 0 Å². The molecule has 1 heterocycles. The lowest BCUT2D eigenvalue weighted by molar-refractivity contribution is 1.41. The number of benzene rings is 1. The van der Waals surface area contributed by atoms with Gasteiger partial charge in [-0.3, -0.25) is 4.98 Å². The molecule has 0 N–H and O–H groups in total. The first-order chi connectivity index (χ1) is 7.85. The summed E-state index contributed by atoms with van der Waals surface area (Å²) in [4.78, 5) is 4.36. The van der Waals surface area contributed by atoms with Crippen molar-refractivity contribution in [1.29, 1.82) is 0 Å². The molecule has 2 rings (SSSR count). The van der Waals surface area contributed by atoms with E-state index < -0.39 is 0 Å². The molecule has 0 spiro atoms. The van der Waals surface area contributed by atoms with Crippen molar-refractivity contribution in [2.24, 2.45) is 0 Å². The number of nitrogens with zero attached hydrogens (tertiary/aromatic N) is 1. The van der Waals surface area contributed by atoms with Crippen LogP contribution in [0.2, 0.25) is 0 Å². The lowest BCUT2D eigenvalue weighted by Gasteiger charge is -2.03. The van der Waals surface area contributed by atoms with Gasteiger partial charge in [-0.25, -0.2) is 0 Å². The molecule has 0 fully saturated rings. The summed E-state index contributed by atoms with van der Waals surface area (Å²) in [5.74, 6) is 0. The van der Waals surface area contributed by atoms with Crippen molar-refractivity contribution in [3.63, 3.8) is 0 Å². The minimum absolute atomic E-state index is 1.05. The van der Waals surface area contributed by atoms with Gasteiger partial charge >= 0.3 is 0 Å². The molecule has 1 nitrogen and oxygen atoms in total. The van der Waals surface area contributed by atoms with Crippen molar-refractivity contribution in [1.82, 2.24) is 4.98 Å². The number of hydrogen-bond acceptors (Lipinski definition) is 3. The first kappa shape index (κ1) is 11.6. The summed E-state index contributed by atoms with van der Waals surface area (Å²) in [7, 11) is 0. The van der Waals surface area contributed by atoms with Crippen LogP contribution in [0.15, 0.2) is 40.8 Å². The number of para-hydroxylation sites is 1. The highest BCUT2D eigenvalue weighted by Crippen LogP contribution is 2.28. The molecule has 16 heavy (non-hydrogen) atoms. The first-order valence-electron chi connectivity index (χ1n) is 4.98. The van der Waals surface area contributed by atoms with Crippen LogP contribution in [0.5, 0.6) is 0 Å². The van der Waals surface area contributed by atoms with Gasteiger partial charge in [0.15, 0.2) is 0 Å². The van der Waals surface area contributed by atoms with Gasteiger partial charge in [-0.2, -0.15) is 0 Å². The van der Waals surface area contributed by atoms with E-state index in [1.165, 1.54) is 15.2 Å². The zero-order chi connectivity index (χ0) is 11.4. The lowest BCUT2D eigenvalue weighted by Crippen LogP contribution is -1.82. The van der Waals surface area contributed by atoms with Gasteiger partial charge in [-0.15, -0.1) is 23.5 Å². The highest BCUT2D eigenvalue weighted by atomic mass is 32.2. The van der Waals surface area contributed by atoms with E-state index in [4.69, 9.17) is 0 Å². The Labute approximate surface area is 104 Å². The second kappa shape index (κ2) is 5.41. The Morgan fingerprint density at radius 2 is 1.88 bits per heavy atom. The summed E-state index contributed by atoms with van der Waals surface area (Å²) in [6.07, 6.45) is 8.29. The molecule has 2 aromatic rings. The van der Waals surface area contributed by atoms with E-state index in [0.29, 0.717) is 0 Å². The third kappa shape index (κ3) is 2.42. The second-order valence-electron chi connectivity index (χ2n) is 3.29. The molecular formula is C13H13NS2. The van der Waals surface area contributed by atoms with E-state index in [1.807, 2.05) is 18.3 Å². The molecule has 1 aromatic carbocycles. The predicted octanol–water partition coefficient (Wildman–Crippen LogP) is 4.26. The maximum atomic E-state index is 4.36. The van der Waals surface area contributed by atoms with E-state index >= 15 is 0 Å². The number of fused-ring (bicyclic) bond motifs is 1. The molecule has 0 radical (unpaired) electrons. The lowest BCUT2D eigenvalue weighted by atomic mass is 10.1. The number of pyridine rings is 1. The summed E-state index contributed by atoms with van der Waals surface area (Å²) >= 11 is 3.55. The summed E-state index contributed by atoms with van der Waals surface area (Å²) in [6, 6.07) is 10.3. The van der Waals surface area contributed by atoms with Crippen LogP contribution in [-0.4, -0.2) is 17.5 Å². The third-order valence-corrected chi connectivity index (χ3v) is 4.40. The van der Waals surface area contributed by atoms with Crippen LogP contribution in [-0.2, 0) is 0 Å². The van der Waals surface area contributed by atoms with Crippen LogP contribution in [0, 0.1) is 0 Å². The topological polar surface area (TPSA) is 12.9 Å². The average molecular weight is 247 g/mol. The average Bonchev–Trinajstić information content (AvgIpc) is 2.36. The highest BCUT2D eigenvalue weighted by Gasteiger charge is 2.00. The van der Waals surface area contributed by atoms with E-state index in [0.717, 1.165) is 5.52 Å². The first-order valence-corrected chi connectivity index (χ1v) is 7.43. The van der Waals surface area contributed by atoms with Crippen molar-refractivity contribution in [3.05, 3.63) is 46.3 Å². The SMILES string of the molecule is CSC(=Cc1ccnc2ccccc12)SC. The van der Waals surface area contributed by atoms with E-state index in [-0.39, 0.29) is 0 Å². The number of hydrogen-bond donors (Lipinski definition) is 0. The summed E-state index contributed by atoms with van der Waals surface area (Å²) in [5, 5.41) is 1.21. The fraction of sp³-hybridized carbons (Fsp3) is 0.154. The largest absolute Gasteiger partial charge is 0.256 e. The van der Waals surface area contributed by atoms with Gasteiger partial charge in [0.2, 0.25) is 0 Å². The predicted molar refractivity (Wildman–Crippen MR) is 76.8 cm³/mol. The molecule has 0 saturated carbocycles. The van der Waals surface area contributed by atoms with Crippen molar-refractivity contribution in [2.75, 3.05) is 12.5 Å². The molecule has 82 valence electrons. The summed E-state index contributed by atoms with van der Waals surface area (Å²) in [5.41, 5.74) is 2.29. The van der Waals surface area contributed by atoms with E-state index in [2.05, 4.69) is 41.8 Å². The van der Waals surface area contributed by atoms with Crippen LogP contribution in [0.25, 0.3) is 17.0 Å². The Balaban J connectivity index is 2.56. The summed E-state index contributed by atoms with van der Waals surface area (Å²) in [6.45, 7) is 0. The smallest absolute Gasteiger partial charge is 0.0707 e. The van der Waals surface area contributed by atoms with Crippen LogP contribution >= 0.6 is 23.5 Å². The van der Waals surface area contributed by atoms with Gasteiger partial charge < -0.3 is 0 Å². The van der Waals surface area contributed by atoms with Crippen molar-refractivity contribution >= 4 is 40.5 Å². The molecule has 0 unspecified atom stereocenters. The van der Waals surface area contributed by atoms with Crippen molar-refractivity contribution in [2.45, 2.75) is 0 Å². The third-order valence-electron chi connectivity index (χ3n) is 2.36. The molecule has 0 aliphatic heterocycles. The van der Waals surface area contributed by atoms with Gasteiger partial charge in [0, 0.05) is 15.8 Å². The second-order valence-corrected chi connectivity index (χ2v) is 5.24. The Hall–Kier alpha value is -0.930. The number of thioether (sulfide) groups is 2. The molecular weight excluding hydrogens is 234 g/mol. The Morgan fingerprint density at radius 1 is 1.12 bits per heavy atom. The maximum absolute atomic E-state index is 4.36. The van der Waals surface area contributed by atoms with Crippen LogP contribution in [0.1, 0.15) is 5.56 Å². The molecule has 1 aromatic heterocycles. The fourth-order valence-electron chi connectivity index (χ4n) is 1.57. The van der Waals surface area contributed by atoms with Gasteiger partial charge in [0.05, 0.1) is 5.52 Å². The Kier molecular flexibility index (Phi) is 3.91. The highest BCUT2D eigenvalue weighted by molar-refractivity contribution is 8.21. The summed E-state index contributed by atoms with van der Waals surface area (Å²) < 4.78 is 1.32. The van der Waals surface area contributed by atoms with Gasteiger partial charge in [0.1, 0.15) is 0 Å². The molecule has 0 saturated heterocycles. The van der Waals surface area contributed by atoms with E-state index in [1.54, 1.807) is 23.5 Å². The Bertz CT molecular complexity index is 509. The van der Waals surface area contributed by atoms with Crippen molar-refractivity contribution < 1.29 is 0 Å². The molecule has 0 atom stereocenters. The van der Waals surface area contributed by atoms with Gasteiger partial charge in [-0.05, 0) is 36.3 Å². The monoisotopic (exact) mass is 247 g/mol. The standard InChI is InChI=1S/C13H13NS2/c1-15-13(16-2)9-10-7-8-14-12-6-4-3-5-11(10)12/h3-9H,1-2H3. The normalized spacial score (nSPS) is 10.4. The quantitative estimate of drug-likeness (QED) is 0.804. The fourth-order valence-corrected chi connectivity index (χ4v) is 2.73. The van der Waals surface area contributed by atoms with Crippen LogP contribution in [0.3, 0.4) is 0 Å². The van der Waals surface area contributed by atoms with Gasteiger partial charge in [-0.1, -0.05) is 18.2 Å².